The van der Waals surface area contributed by atoms with Crippen LogP contribution in [0, 0.1) is 5.92 Å². The standard InChI is InChI=1S/C17H17N3O2/c1-11(2)7-12-3-5-13(6-4-12)15-8-16-18-9-14(17(21)22)10-20(16)19-15/h3-6,8-11H,7H2,1-2H3,(H,21,22). The average molecular weight is 295 g/mol. The van der Waals surface area contributed by atoms with Crippen molar-refractivity contribution in [2.75, 3.05) is 0 Å². The Kier molecular flexibility index (Phi) is 3.63. The molecule has 0 aliphatic carbocycles. The topological polar surface area (TPSA) is 67.5 Å². The van der Waals surface area contributed by atoms with Crippen LogP contribution in [0.15, 0.2) is 42.7 Å². The summed E-state index contributed by atoms with van der Waals surface area (Å²) in [6, 6.07) is 10.1. The first kappa shape index (κ1) is 14.3. The zero-order valence-electron chi connectivity index (χ0n) is 12.5. The van der Waals surface area contributed by atoms with Crippen molar-refractivity contribution in [3.63, 3.8) is 0 Å². The monoisotopic (exact) mass is 295 g/mol. The fourth-order valence-electron chi connectivity index (χ4n) is 2.41. The van der Waals surface area contributed by atoms with E-state index in [0.717, 1.165) is 17.7 Å². The molecule has 0 amide bonds. The van der Waals surface area contributed by atoms with Gasteiger partial charge in [-0.15, -0.1) is 0 Å². The molecule has 5 heteroatoms. The Labute approximate surface area is 128 Å². The van der Waals surface area contributed by atoms with Crippen LogP contribution in [-0.4, -0.2) is 25.7 Å². The maximum atomic E-state index is 11.0. The van der Waals surface area contributed by atoms with Crippen molar-refractivity contribution in [2.45, 2.75) is 20.3 Å². The lowest BCUT2D eigenvalue weighted by Gasteiger charge is -2.05. The first-order valence-corrected chi connectivity index (χ1v) is 7.21. The zero-order valence-corrected chi connectivity index (χ0v) is 12.5. The molecule has 3 rings (SSSR count). The minimum absolute atomic E-state index is 0.120. The number of carboxylic acids is 1. The van der Waals surface area contributed by atoms with Gasteiger partial charge in [-0.05, 0) is 17.9 Å². The third-order valence-electron chi connectivity index (χ3n) is 3.45. The normalized spacial score (nSPS) is 11.2. The molecule has 1 N–H and O–H groups in total. The van der Waals surface area contributed by atoms with Crippen LogP contribution in [0.25, 0.3) is 16.9 Å². The van der Waals surface area contributed by atoms with Crippen molar-refractivity contribution in [1.29, 1.82) is 0 Å². The minimum atomic E-state index is -1.01. The summed E-state index contributed by atoms with van der Waals surface area (Å²) in [5, 5.41) is 13.4. The molecule has 0 atom stereocenters. The summed E-state index contributed by atoms with van der Waals surface area (Å²) in [4.78, 5) is 15.1. The Morgan fingerprint density at radius 3 is 2.64 bits per heavy atom. The van der Waals surface area contributed by atoms with Crippen molar-refractivity contribution < 1.29 is 9.90 Å². The number of carbonyl (C=O) groups is 1. The van der Waals surface area contributed by atoms with E-state index < -0.39 is 5.97 Å². The summed E-state index contributed by atoms with van der Waals surface area (Å²) in [6.45, 7) is 4.39. The molecule has 2 heterocycles. The van der Waals surface area contributed by atoms with Gasteiger partial charge in [0.15, 0.2) is 5.65 Å². The van der Waals surface area contributed by atoms with Crippen LogP contribution >= 0.6 is 0 Å². The molecular weight excluding hydrogens is 278 g/mol. The molecular formula is C17H17N3O2. The highest BCUT2D eigenvalue weighted by atomic mass is 16.4. The molecule has 5 nitrogen and oxygen atoms in total. The van der Waals surface area contributed by atoms with E-state index in [2.05, 4.69) is 36.1 Å². The van der Waals surface area contributed by atoms with Crippen molar-refractivity contribution in [2.24, 2.45) is 5.92 Å². The molecule has 22 heavy (non-hydrogen) atoms. The minimum Gasteiger partial charge on any atom is -0.478 e. The number of carboxylic acid groups (broad SMARTS) is 1. The summed E-state index contributed by atoms with van der Waals surface area (Å²) < 4.78 is 1.50. The Bertz CT molecular complexity index is 820. The molecule has 0 bridgehead atoms. The molecule has 0 radical (unpaired) electrons. The van der Waals surface area contributed by atoms with E-state index >= 15 is 0 Å². The second-order valence-electron chi connectivity index (χ2n) is 5.78. The van der Waals surface area contributed by atoms with Crippen LogP contribution in [-0.2, 0) is 6.42 Å². The lowest BCUT2D eigenvalue weighted by atomic mass is 10.0. The molecule has 0 fully saturated rings. The van der Waals surface area contributed by atoms with Gasteiger partial charge in [-0.3, -0.25) is 0 Å². The molecule has 3 aromatic rings. The smallest absolute Gasteiger partial charge is 0.338 e. The zero-order chi connectivity index (χ0) is 15.7. The third kappa shape index (κ3) is 2.83. The molecule has 0 saturated heterocycles. The van der Waals surface area contributed by atoms with Gasteiger partial charge in [-0.1, -0.05) is 38.1 Å². The molecule has 0 spiro atoms. The molecule has 112 valence electrons. The second-order valence-corrected chi connectivity index (χ2v) is 5.78. The van der Waals surface area contributed by atoms with Crippen LogP contribution < -0.4 is 0 Å². The summed E-state index contributed by atoms with van der Waals surface area (Å²) in [6.07, 6.45) is 3.87. The lowest BCUT2D eigenvalue weighted by molar-refractivity contribution is 0.0695. The van der Waals surface area contributed by atoms with E-state index in [1.54, 1.807) is 0 Å². The molecule has 0 aliphatic heterocycles. The first-order chi connectivity index (χ1) is 10.5. The molecule has 0 saturated carbocycles. The van der Waals surface area contributed by atoms with Crippen LogP contribution in [0.2, 0.25) is 0 Å². The summed E-state index contributed by atoms with van der Waals surface area (Å²) in [5.74, 6) is -0.385. The van der Waals surface area contributed by atoms with E-state index in [4.69, 9.17) is 5.11 Å². The van der Waals surface area contributed by atoms with Gasteiger partial charge >= 0.3 is 5.97 Å². The molecule has 0 aliphatic rings. The van der Waals surface area contributed by atoms with Gasteiger partial charge in [0.1, 0.15) is 0 Å². The third-order valence-corrected chi connectivity index (χ3v) is 3.45. The van der Waals surface area contributed by atoms with Gasteiger partial charge in [0, 0.05) is 24.0 Å². The molecule has 1 aromatic carbocycles. The second kappa shape index (κ2) is 5.60. The van der Waals surface area contributed by atoms with Crippen molar-refractivity contribution in [3.8, 4) is 11.3 Å². The maximum Gasteiger partial charge on any atom is 0.338 e. The quantitative estimate of drug-likeness (QED) is 0.802. The van der Waals surface area contributed by atoms with Gasteiger partial charge in [-0.2, -0.15) is 5.10 Å². The van der Waals surface area contributed by atoms with Gasteiger partial charge in [-0.25, -0.2) is 14.3 Å². The highest BCUT2D eigenvalue weighted by molar-refractivity contribution is 5.87. The Morgan fingerprint density at radius 1 is 1.27 bits per heavy atom. The summed E-state index contributed by atoms with van der Waals surface area (Å²) in [7, 11) is 0. The predicted molar refractivity (Wildman–Crippen MR) is 83.9 cm³/mol. The van der Waals surface area contributed by atoms with Gasteiger partial charge < -0.3 is 5.11 Å². The Hall–Kier alpha value is -2.69. The van der Waals surface area contributed by atoms with Crippen LogP contribution in [0.5, 0.6) is 0 Å². The van der Waals surface area contributed by atoms with Gasteiger partial charge in [0.25, 0.3) is 0 Å². The van der Waals surface area contributed by atoms with Crippen molar-refractivity contribution in [1.82, 2.24) is 14.6 Å². The first-order valence-electron chi connectivity index (χ1n) is 7.21. The number of aromatic carboxylic acids is 1. The summed E-state index contributed by atoms with van der Waals surface area (Å²) in [5.41, 5.74) is 3.83. The number of hydrogen-bond donors (Lipinski definition) is 1. The molecule has 2 aromatic heterocycles. The highest BCUT2D eigenvalue weighted by Gasteiger charge is 2.09. The Balaban J connectivity index is 1.94. The fourth-order valence-corrected chi connectivity index (χ4v) is 2.41. The number of aromatic nitrogens is 3. The van der Waals surface area contributed by atoms with E-state index in [1.165, 1.54) is 22.5 Å². The lowest BCUT2D eigenvalue weighted by Crippen LogP contribution is -2.01. The number of hydrogen-bond acceptors (Lipinski definition) is 3. The Morgan fingerprint density at radius 2 is 2.00 bits per heavy atom. The van der Waals surface area contributed by atoms with E-state index in [1.807, 2.05) is 18.2 Å². The maximum absolute atomic E-state index is 11.0. The largest absolute Gasteiger partial charge is 0.478 e. The number of fused-ring (bicyclic) bond motifs is 1. The number of rotatable bonds is 4. The van der Waals surface area contributed by atoms with Crippen LogP contribution in [0.3, 0.4) is 0 Å². The van der Waals surface area contributed by atoms with Crippen LogP contribution in [0.1, 0.15) is 29.8 Å². The van der Waals surface area contributed by atoms with Crippen molar-refractivity contribution in [3.05, 3.63) is 53.9 Å². The van der Waals surface area contributed by atoms with Gasteiger partial charge in [0.05, 0.1) is 11.3 Å². The fraction of sp³-hybridized carbons (Fsp3) is 0.235. The van der Waals surface area contributed by atoms with Crippen molar-refractivity contribution >= 4 is 11.6 Å². The number of nitrogens with zero attached hydrogens (tertiary/aromatic N) is 3. The van der Waals surface area contributed by atoms with E-state index in [0.29, 0.717) is 11.6 Å². The van der Waals surface area contributed by atoms with Gasteiger partial charge in [0.2, 0.25) is 0 Å². The summed E-state index contributed by atoms with van der Waals surface area (Å²) >= 11 is 0. The SMILES string of the molecule is CC(C)Cc1ccc(-c2cc3ncc(C(=O)O)cn3n2)cc1. The van der Waals surface area contributed by atoms with Crippen LogP contribution in [0.4, 0.5) is 0 Å². The average Bonchev–Trinajstić information content (AvgIpc) is 2.90. The van der Waals surface area contributed by atoms with E-state index in [-0.39, 0.29) is 5.56 Å². The number of benzene rings is 1. The highest BCUT2D eigenvalue weighted by Crippen LogP contribution is 2.20. The predicted octanol–water partition coefficient (Wildman–Crippen LogP) is 3.29. The molecule has 0 unspecified atom stereocenters. The van der Waals surface area contributed by atoms with E-state index in [9.17, 15) is 4.79 Å².